The van der Waals surface area contributed by atoms with E-state index in [1.54, 1.807) is 6.26 Å². The number of hydrogen-bond donors (Lipinski definition) is 1. The molecule has 102 valence electrons. The Kier molecular flexibility index (Phi) is 4.92. The second-order valence-corrected chi connectivity index (χ2v) is 4.27. The number of nitrogens with one attached hydrogen (secondary N) is 1. The molecule has 2 aromatic heterocycles. The summed E-state index contributed by atoms with van der Waals surface area (Å²) in [7, 11) is 0. The van der Waals surface area contributed by atoms with Crippen molar-refractivity contribution in [3.63, 3.8) is 0 Å². The van der Waals surface area contributed by atoms with Crippen LogP contribution in [0.2, 0.25) is 0 Å². The standard InChI is InChI=1S/C14H20N4O/c1-3-15-8-12-9-16-14(17-10-12)18(4-2)11-13-6-5-7-19-13/h5-7,9-10,15H,3-4,8,11H2,1-2H3. The average molecular weight is 260 g/mol. The molecule has 5 nitrogen and oxygen atoms in total. The molecule has 0 radical (unpaired) electrons. The van der Waals surface area contributed by atoms with E-state index in [1.165, 1.54) is 0 Å². The summed E-state index contributed by atoms with van der Waals surface area (Å²) in [6.45, 7) is 7.45. The van der Waals surface area contributed by atoms with Crippen molar-refractivity contribution in [2.75, 3.05) is 18.0 Å². The van der Waals surface area contributed by atoms with Gasteiger partial charge >= 0.3 is 0 Å². The third-order valence-electron chi connectivity index (χ3n) is 2.86. The van der Waals surface area contributed by atoms with Crippen LogP contribution in [0.15, 0.2) is 35.2 Å². The predicted octanol–water partition coefficient (Wildman–Crippen LogP) is 2.21. The topological polar surface area (TPSA) is 54.2 Å². The molecule has 0 aliphatic rings. The van der Waals surface area contributed by atoms with E-state index in [2.05, 4.69) is 34.0 Å². The van der Waals surface area contributed by atoms with E-state index in [0.29, 0.717) is 6.54 Å². The Hall–Kier alpha value is -1.88. The number of hydrogen-bond acceptors (Lipinski definition) is 5. The Morgan fingerprint density at radius 2 is 2.05 bits per heavy atom. The van der Waals surface area contributed by atoms with E-state index < -0.39 is 0 Å². The van der Waals surface area contributed by atoms with Crippen molar-refractivity contribution in [1.29, 1.82) is 0 Å². The van der Waals surface area contributed by atoms with Crippen molar-refractivity contribution in [2.24, 2.45) is 0 Å². The highest BCUT2D eigenvalue weighted by atomic mass is 16.3. The maximum Gasteiger partial charge on any atom is 0.225 e. The van der Waals surface area contributed by atoms with Gasteiger partial charge in [0.1, 0.15) is 5.76 Å². The highest BCUT2D eigenvalue weighted by Gasteiger charge is 2.09. The van der Waals surface area contributed by atoms with Gasteiger partial charge in [-0.3, -0.25) is 0 Å². The van der Waals surface area contributed by atoms with Crippen LogP contribution in [0, 0.1) is 0 Å². The van der Waals surface area contributed by atoms with Crippen LogP contribution in [0.5, 0.6) is 0 Å². The Morgan fingerprint density at radius 1 is 1.26 bits per heavy atom. The smallest absolute Gasteiger partial charge is 0.225 e. The minimum atomic E-state index is 0.691. The number of aromatic nitrogens is 2. The largest absolute Gasteiger partial charge is 0.467 e. The van der Waals surface area contributed by atoms with Crippen LogP contribution in [-0.4, -0.2) is 23.1 Å². The Bertz CT molecular complexity index is 467. The minimum absolute atomic E-state index is 0.691. The second kappa shape index (κ2) is 6.89. The zero-order valence-corrected chi connectivity index (χ0v) is 11.5. The second-order valence-electron chi connectivity index (χ2n) is 4.27. The van der Waals surface area contributed by atoms with Crippen LogP contribution in [0.4, 0.5) is 5.95 Å². The van der Waals surface area contributed by atoms with Gasteiger partial charge in [0.25, 0.3) is 0 Å². The number of anilines is 1. The highest BCUT2D eigenvalue weighted by Crippen LogP contribution is 2.12. The predicted molar refractivity (Wildman–Crippen MR) is 74.8 cm³/mol. The van der Waals surface area contributed by atoms with Crippen molar-refractivity contribution in [1.82, 2.24) is 15.3 Å². The molecule has 2 rings (SSSR count). The van der Waals surface area contributed by atoms with E-state index in [9.17, 15) is 0 Å². The summed E-state index contributed by atoms with van der Waals surface area (Å²) in [5, 5.41) is 3.25. The van der Waals surface area contributed by atoms with E-state index in [4.69, 9.17) is 4.42 Å². The first-order valence-corrected chi connectivity index (χ1v) is 6.62. The van der Waals surface area contributed by atoms with Crippen molar-refractivity contribution in [2.45, 2.75) is 26.9 Å². The zero-order chi connectivity index (χ0) is 13.5. The molecular formula is C14H20N4O. The molecule has 0 spiro atoms. The molecule has 0 bridgehead atoms. The minimum Gasteiger partial charge on any atom is -0.467 e. The first-order chi connectivity index (χ1) is 9.33. The molecule has 0 aromatic carbocycles. The highest BCUT2D eigenvalue weighted by molar-refractivity contribution is 5.30. The molecule has 5 heteroatoms. The molecular weight excluding hydrogens is 240 g/mol. The molecule has 2 aromatic rings. The van der Waals surface area contributed by atoms with Gasteiger partial charge in [-0.05, 0) is 25.6 Å². The van der Waals surface area contributed by atoms with Crippen LogP contribution in [-0.2, 0) is 13.1 Å². The lowest BCUT2D eigenvalue weighted by Crippen LogP contribution is -2.24. The number of furan rings is 1. The average Bonchev–Trinajstić information content (AvgIpc) is 2.96. The van der Waals surface area contributed by atoms with Gasteiger partial charge in [0.15, 0.2) is 0 Å². The maximum atomic E-state index is 5.36. The molecule has 19 heavy (non-hydrogen) atoms. The SMILES string of the molecule is CCNCc1cnc(N(CC)Cc2ccco2)nc1. The fourth-order valence-electron chi connectivity index (χ4n) is 1.79. The van der Waals surface area contributed by atoms with Gasteiger partial charge in [-0.25, -0.2) is 9.97 Å². The van der Waals surface area contributed by atoms with Crippen LogP contribution in [0.3, 0.4) is 0 Å². The number of nitrogens with zero attached hydrogens (tertiary/aromatic N) is 3. The lowest BCUT2D eigenvalue weighted by atomic mass is 10.3. The Balaban J connectivity index is 2.02. The summed E-state index contributed by atoms with van der Waals surface area (Å²) in [5.74, 6) is 1.65. The molecule has 1 N–H and O–H groups in total. The monoisotopic (exact) mass is 260 g/mol. The van der Waals surface area contributed by atoms with Crippen molar-refractivity contribution >= 4 is 5.95 Å². The summed E-state index contributed by atoms with van der Waals surface area (Å²) in [5.41, 5.74) is 1.10. The summed E-state index contributed by atoms with van der Waals surface area (Å²) >= 11 is 0. The van der Waals surface area contributed by atoms with Gasteiger partial charge in [-0.1, -0.05) is 6.92 Å². The first-order valence-electron chi connectivity index (χ1n) is 6.62. The molecule has 2 heterocycles. The summed E-state index contributed by atoms with van der Waals surface area (Å²) < 4.78 is 5.36. The molecule has 0 saturated carbocycles. The van der Waals surface area contributed by atoms with Gasteiger partial charge < -0.3 is 14.6 Å². The van der Waals surface area contributed by atoms with E-state index >= 15 is 0 Å². The molecule has 0 aliphatic carbocycles. The zero-order valence-electron chi connectivity index (χ0n) is 11.5. The van der Waals surface area contributed by atoms with Gasteiger partial charge in [-0.2, -0.15) is 0 Å². The third kappa shape index (κ3) is 3.79. The van der Waals surface area contributed by atoms with Gasteiger partial charge in [0.05, 0.1) is 12.8 Å². The van der Waals surface area contributed by atoms with Gasteiger partial charge in [0.2, 0.25) is 5.95 Å². The summed E-state index contributed by atoms with van der Waals surface area (Å²) in [6.07, 6.45) is 5.43. The summed E-state index contributed by atoms with van der Waals surface area (Å²) in [4.78, 5) is 10.9. The first kappa shape index (κ1) is 13.5. The van der Waals surface area contributed by atoms with E-state index in [-0.39, 0.29) is 0 Å². The van der Waals surface area contributed by atoms with Crippen molar-refractivity contribution < 1.29 is 4.42 Å². The molecule has 0 unspecified atom stereocenters. The normalized spacial score (nSPS) is 10.6. The lowest BCUT2D eigenvalue weighted by Gasteiger charge is -2.19. The third-order valence-corrected chi connectivity index (χ3v) is 2.86. The quantitative estimate of drug-likeness (QED) is 0.827. The Labute approximate surface area is 113 Å². The van der Waals surface area contributed by atoms with Crippen LogP contribution in [0.1, 0.15) is 25.2 Å². The van der Waals surface area contributed by atoms with E-state index in [1.807, 2.05) is 24.5 Å². The van der Waals surface area contributed by atoms with Crippen LogP contribution in [0.25, 0.3) is 0 Å². The van der Waals surface area contributed by atoms with Crippen LogP contribution < -0.4 is 10.2 Å². The van der Waals surface area contributed by atoms with Gasteiger partial charge in [-0.15, -0.1) is 0 Å². The molecule has 0 aliphatic heterocycles. The maximum absolute atomic E-state index is 5.36. The summed E-state index contributed by atoms with van der Waals surface area (Å²) in [6, 6.07) is 3.85. The van der Waals surface area contributed by atoms with Crippen molar-refractivity contribution in [3.05, 3.63) is 42.1 Å². The van der Waals surface area contributed by atoms with Gasteiger partial charge in [0, 0.05) is 31.0 Å². The van der Waals surface area contributed by atoms with Crippen molar-refractivity contribution in [3.8, 4) is 0 Å². The van der Waals surface area contributed by atoms with Crippen LogP contribution >= 0.6 is 0 Å². The Morgan fingerprint density at radius 3 is 2.63 bits per heavy atom. The lowest BCUT2D eigenvalue weighted by molar-refractivity contribution is 0.501. The molecule has 0 atom stereocenters. The molecule has 0 saturated heterocycles. The fourth-order valence-corrected chi connectivity index (χ4v) is 1.79. The van der Waals surface area contributed by atoms with E-state index in [0.717, 1.165) is 36.9 Å². The fraction of sp³-hybridized carbons (Fsp3) is 0.429. The number of rotatable bonds is 7. The molecule has 0 amide bonds. The molecule has 0 fully saturated rings.